The second kappa shape index (κ2) is 9.59. The van der Waals surface area contributed by atoms with Crippen LogP contribution in [-0.2, 0) is 25.6 Å². The normalized spacial score (nSPS) is 10.3. The van der Waals surface area contributed by atoms with Crippen LogP contribution in [0.2, 0.25) is 0 Å². The van der Waals surface area contributed by atoms with Gasteiger partial charge in [0.2, 0.25) is 0 Å². The van der Waals surface area contributed by atoms with Crippen LogP contribution in [0.1, 0.15) is 28.7 Å². The van der Waals surface area contributed by atoms with Crippen LogP contribution in [0.15, 0.2) is 30.3 Å². The monoisotopic (exact) mass is 388 g/mol. The number of benzene rings is 1. The van der Waals surface area contributed by atoms with Crippen LogP contribution in [0.4, 0.5) is 5.69 Å². The number of anilines is 1. The molecule has 28 heavy (non-hydrogen) atoms. The molecule has 1 aromatic carbocycles. The fraction of sp³-hybridized carbons (Fsp3) is 0.350. The van der Waals surface area contributed by atoms with E-state index < -0.39 is 24.5 Å². The molecule has 0 radical (unpaired) electrons. The highest BCUT2D eigenvalue weighted by Crippen LogP contribution is 2.17. The third-order valence-electron chi connectivity index (χ3n) is 4.09. The Morgan fingerprint density at radius 3 is 2.36 bits per heavy atom. The van der Waals surface area contributed by atoms with E-state index in [4.69, 9.17) is 14.2 Å². The minimum atomic E-state index is -0.581. The van der Waals surface area contributed by atoms with Crippen molar-refractivity contribution in [1.29, 1.82) is 0 Å². The maximum atomic E-state index is 12.1. The number of aryl methyl sites for hydroxylation is 1. The molecule has 150 valence electrons. The van der Waals surface area contributed by atoms with Crippen molar-refractivity contribution in [2.45, 2.75) is 27.3 Å². The van der Waals surface area contributed by atoms with Gasteiger partial charge < -0.3 is 24.1 Å². The minimum absolute atomic E-state index is 0.104. The van der Waals surface area contributed by atoms with Gasteiger partial charge >= 0.3 is 11.9 Å². The number of rotatable bonds is 8. The first kappa shape index (κ1) is 21.0. The van der Waals surface area contributed by atoms with Gasteiger partial charge in [-0.1, -0.05) is 0 Å². The topological polar surface area (TPSA) is 95.9 Å². The van der Waals surface area contributed by atoms with E-state index in [1.165, 1.54) is 0 Å². The Morgan fingerprint density at radius 2 is 1.75 bits per heavy atom. The van der Waals surface area contributed by atoms with E-state index in [0.717, 1.165) is 5.69 Å². The van der Waals surface area contributed by atoms with E-state index in [2.05, 4.69) is 5.32 Å². The molecular weight excluding hydrogens is 364 g/mol. The zero-order chi connectivity index (χ0) is 20.7. The van der Waals surface area contributed by atoms with Crippen molar-refractivity contribution in [1.82, 2.24) is 4.57 Å². The average molecular weight is 388 g/mol. The second-order valence-electron chi connectivity index (χ2n) is 6.03. The first-order chi connectivity index (χ1) is 13.3. The van der Waals surface area contributed by atoms with Crippen LogP contribution in [0.5, 0.6) is 5.75 Å². The summed E-state index contributed by atoms with van der Waals surface area (Å²) in [6, 6.07) is 8.45. The van der Waals surface area contributed by atoms with E-state index in [-0.39, 0.29) is 13.2 Å². The lowest BCUT2D eigenvalue weighted by molar-refractivity contribution is -0.147. The third-order valence-corrected chi connectivity index (χ3v) is 4.09. The van der Waals surface area contributed by atoms with Crippen molar-refractivity contribution >= 4 is 23.5 Å². The Kier molecular flexibility index (Phi) is 7.20. The highest BCUT2D eigenvalue weighted by atomic mass is 16.5. The van der Waals surface area contributed by atoms with Crippen molar-refractivity contribution < 1.29 is 28.6 Å². The van der Waals surface area contributed by atoms with E-state index in [9.17, 15) is 14.4 Å². The molecule has 0 atom stereocenters. The van der Waals surface area contributed by atoms with Crippen molar-refractivity contribution in [2.75, 3.05) is 25.6 Å². The van der Waals surface area contributed by atoms with Gasteiger partial charge in [-0.15, -0.1) is 0 Å². The number of carbonyl (C=O) groups excluding carboxylic acids is 3. The van der Waals surface area contributed by atoms with Crippen LogP contribution in [0.3, 0.4) is 0 Å². The predicted molar refractivity (Wildman–Crippen MR) is 102 cm³/mol. The molecule has 0 fully saturated rings. The van der Waals surface area contributed by atoms with Gasteiger partial charge in [-0.05, 0) is 51.1 Å². The van der Waals surface area contributed by atoms with Gasteiger partial charge in [-0.3, -0.25) is 9.59 Å². The SMILES string of the molecule is CCOC(=O)c1cc(C)n(CC(=O)OCC(=O)Nc2ccc(OC)cc2)c1C. The smallest absolute Gasteiger partial charge is 0.339 e. The van der Waals surface area contributed by atoms with Gasteiger partial charge in [0.05, 0.1) is 19.3 Å². The molecule has 0 bridgehead atoms. The number of hydrogen-bond donors (Lipinski definition) is 1. The van der Waals surface area contributed by atoms with Crippen LogP contribution < -0.4 is 10.1 Å². The number of aromatic nitrogens is 1. The predicted octanol–water partition coefficient (Wildman–Crippen LogP) is 2.47. The van der Waals surface area contributed by atoms with Crippen LogP contribution >= 0.6 is 0 Å². The summed E-state index contributed by atoms with van der Waals surface area (Å²) in [5.41, 5.74) is 2.30. The van der Waals surface area contributed by atoms with Crippen molar-refractivity contribution in [3.63, 3.8) is 0 Å². The Labute approximate surface area is 163 Å². The van der Waals surface area contributed by atoms with Crippen molar-refractivity contribution in [3.05, 3.63) is 47.3 Å². The molecule has 0 saturated carbocycles. The standard InChI is InChI=1S/C20H24N2O6/c1-5-27-20(25)17-10-13(2)22(14(17)3)11-19(24)28-12-18(23)21-15-6-8-16(26-4)9-7-15/h6-10H,5,11-12H2,1-4H3,(H,21,23). The quantitative estimate of drug-likeness (QED) is 0.698. The number of methoxy groups -OCH3 is 1. The fourth-order valence-corrected chi connectivity index (χ4v) is 2.65. The average Bonchev–Trinajstić information content (AvgIpc) is 2.95. The number of ether oxygens (including phenoxy) is 3. The molecule has 1 amide bonds. The number of amides is 1. The van der Waals surface area contributed by atoms with E-state index >= 15 is 0 Å². The van der Waals surface area contributed by atoms with Gasteiger partial charge in [-0.25, -0.2) is 4.79 Å². The summed E-state index contributed by atoms with van der Waals surface area (Å²) in [5, 5.41) is 2.63. The molecule has 8 heteroatoms. The molecule has 1 N–H and O–H groups in total. The first-order valence-corrected chi connectivity index (χ1v) is 8.79. The van der Waals surface area contributed by atoms with Crippen LogP contribution in [0.25, 0.3) is 0 Å². The van der Waals surface area contributed by atoms with Crippen LogP contribution in [0, 0.1) is 13.8 Å². The summed E-state index contributed by atoms with van der Waals surface area (Å²) in [6.45, 7) is 4.99. The van der Waals surface area contributed by atoms with Crippen molar-refractivity contribution in [3.8, 4) is 5.75 Å². The molecule has 0 unspecified atom stereocenters. The molecule has 1 heterocycles. The Morgan fingerprint density at radius 1 is 1.07 bits per heavy atom. The number of esters is 2. The number of nitrogens with zero attached hydrogens (tertiary/aromatic N) is 1. The lowest BCUT2D eigenvalue weighted by atomic mass is 10.2. The Bertz CT molecular complexity index is 854. The summed E-state index contributed by atoms with van der Waals surface area (Å²) in [7, 11) is 1.55. The summed E-state index contributed by atoms with van der Waals surface area (Å²) >= 11 is 0. The molecule has 0 aliphatic heterocycles. The lowest BCUT2D eigenvalue weighted by Gasteiger charge is -2.10. The van der Waals surface area contributed by atoms with Gasteiger partial charge in [0, 0.05) is 17.1 Å². The molecule has 0 spiro atoms. The molecule has 1 aromatic heterocycles. The lowest BCUT2D eigenvalue weighted by Crippen LogP contribution is -2.23. The van der Waals surface area contributed by atoms with E-state index in [1.54, 1.807) is 62.8 Å². The zero-order valence-corrected chi connectivity index (χ0v) is 16.4. The molecule has 0 saturated heterocycles. The van der Waals surface area contributed by atoms with Crippen LogP contribution in [-0.4, -0.2) is 42.7 Å². The van der Waals surface area contributed by atoms with Gasteiger partial charge in [-0.2, -0.15) is 0 Å². The Balaban J connectivity index is 1.89. The summed E-state index contributed by atoms with van der Waals surface area (Å²) in [4.78, 5) is 36.0. The molecule has 8 nitrogen and oxygen atoms in total. The summed E-state index contributed by atoms with van der Waals surface area (Å²) < 4.78 is 16.7. The molecular formula is C20H24N2O6. The summed E-state index contributed by atoms with van der Waals surface area (Å²) in [6.07, 6.45) is 0. The first-order valence-electron chi connectivity index (χ1n) is 8.79. The molecule has 2 aromatic rings. The van der Waals surface area contributed by atoms with E-state index in [1.807, 2.05) is 0 Å². The second-order valence-corrected chi connectivity index (χ2v) is 6.03. The fourth-order valence-electron chi connectivity index (χ4n) is 2.65. The summed E-state index contributed by atoms with van der Waals surface area (Å²) in [5.74, 6) is -0.799. The third kappa shape index (κ3) is 5.35. The molecule has 0 aliphatic rings. The van der Waals surface area contributed by atoms with Gasteiger partial charge in [0.1, 0.15) is 12.3 Å². The number of carbonyl (C=O) groups is 3. The maximum Gasteiger partial charge on any atom is 0.339 e. The molecule has 2 rings (SSSR count). The minimum Gasteiger partial charge on any atom is -0.497 e. The number of nitrogens with one attached hydrogen (secondary N) is 1. The maximum absolute atomic E-state index is 12.1. The highest BCUT2D eigenvalue weighted by Gasteiger charge is 2.19. The molecule has 0 aliphatic carbocycles. The zero-order valence-electron chi connectivity index (χ0n) is 16.4. The van der Waals surface area contributed by atoms with Gasteiger partial charge in [0.25, 0.3) is 5.91 Å². The number of hydrogen-bond acceptors (Lipinski definition) is 6. The van der Waals surface area contributed by atoms with Gasteiger partial charge in [0.15, 0.2) is 6.61 Å². The van der Waals surface area contributed by atoms with Crippen molar-refractivity contribution in [2.24, 2.45) is 0 Å². The van der Waals surface area contributed by atoms with E-state index in [0.29, 0.717) is 22.7 Å². The highest BCUT2D eigenvalue weighted by molar-refractivity contribution is 5.93. The largest absolute Gasteiger partial charge is 0.497 e. The Hall–Kier alpha value is -3.29.